The smallest absolute Gasteiger partial charge is 0.249 e. The van der Waals surface area contributed by atoms with Crippen molar-refractivity contribution in [3.63, 3.8) is 0 Å². The van der Waals surface area contributed by atoms with Crippen LogP contribution in [0, 0.1) is 6.92 Å². The lowest BCUT2D eigenvalue weighted by Crippen LogP contribution is -2.18. The second-order valence-corrected chi connectivity index (χ2v) is 4.09. The second-order valence-electron chi connectivity index (χ2n) is 4.09. The fourth-order valence-electron chi connectivity index (χ4n) is 2.46. The Morgan fingerprint density at radius 3 is 1.83 bits per heavy atom. The Morgan fingerprint density at radius 1 is 1.06 bits per heavy atom. The topological polar surface area (TPSA) is 61.6 Å². The third-order valence-electron chi connectivity index (χ3n) is 3.25. The molecule has 0 atom stereocenters. The SMILES string of the molecule is CCc1c(C)c(C(N)=O)c(CC)c(OC)c1OC. The quantitative estimate of drug-likeness (QED) is 0.873. The third kappa shape index (κ3) is 2.15. The van der Waals surface area contributed by atoms with Crippen LogP contribution in [0.25, 0.3) is 0 Å². The molecule has 2 N–H and O–H groups in total. The van der Waals surface area contributed by atoms with Crippen LogP contribution in [-0.4, -0.2) is 20.1 Å². The average molecular weight is 251 g/mol. The highest BCUT2D eigenvalue weighted by Gasteiger charge is 2.23. The number of rotatable bonds is 5. The molecule has 1 amide bonds. The molecule has 0 aliphatic heterocycles. The van der Waals surface area contributed by atoms with E-state index in [4.69, 9.17) is 15.2 Å². The molecule has 0 aliphatic rings. The van der Waals surface area contributed by atoms with Gasteiger partial charge in [0, 0.05) is 16.7 Å². The van der Waals surface area contributed by atoms with Gasteiger partial charge in [0.25, 0.3) is 0 Å². The maximum absolute atomic E-state index is 11.7. The van der Waals surface area contributed by atoms with Gasteiger partial charge in [-0.05, 0) is 25.3 Å². The first-order valence-electron chi connectivity index (χ1n) is 6.09. The van der Waals surface area contributed by atoms with Crippen LogP contribution in [0.1, 0.15) is 40.9 Å². The zero-order valence-corrected chi connectivity index (χ0v) is 11.7. The molecule has 0 aromatic heterocycles. The average Bonchev–Trinajstić information content (AvgIpc) is 2.36. The monoisotopic (exact) mass is 251 g/mol. The van der Waals surface area contributed by atoms with Crippen LogP contribution in [0.4, 0.5) is 0 Å². The van der Waals surface area contributed by atoms with Gasteiger partial charge in [0.05, 0.1) is 14.2 Å². The maximum atomic E-state index is 11.7. The maximum Gasteiger partial charge on any atom is 0.249 e. The van der Waals surface area contributed by atoms with Crippen molar-refractivity contribution in [3.05, 3.63) is 22.3 Å². The molecule has 0 spiro atoms. The number of nitrogens with two attached hydrogens (primary N) is 1. The number of carbonyl (C=O) groups excluding carboxylic acids is 1. The summed E-state index contributed by atoms with van der Waals surface area (Å²) in [6, 6.07) is 0. The number of methoxy groups -OCH3 is 2. The van der Waals surface area contributed by atoms with Crippen LogP contribution in [0.3, 0.4) is 0 Å². The van der Waals surface area contributed by atoms with Gasteiger partial charge in [-0.2, -0.15) is 0 Å². The lowest BCUT2D eigenvalue weighted by molar-refractivity contribution is 0.0998. The number of carbonyl (C=O) groups is 1. The Bertz CT molecular complexity index is 467. The summed E-state index contributed by atoms with van der Waals surface area (Å²) in [4.78, 5) is 11.7. The molecule has 0 fully saturated rings. The highest BCUT2D eigenvalue weighted by atomic mass is 16.5. The van der Waals surface area contributed by atoms with Crippen LogP contribution in [0.15, 0.2) is 0 Å². The Hall–Kier alpha value is -1.71. The van der Waals surface area contributed by atoms with Crippen molar-refractivity contribution in [1.29, 1.82) is 0 Å². The molecule has 1 aromatic carbocycles. The summed E-state index contributed by atoms with van der Waals surface area (Å²) in [6.45, 7) is 5.88. The van der Waals surface area contributed by atoms with E-state index >= 15 is 0 Å². The lowest BCUT2D eigenvalue weighted by Gasteiger charge is -2.21. The highest BCUT2D eigenvalue weighted by molar-refractivity contribution is 5.97. The van der Waals surface area contributed by atoms with E-state index in [-0.39, 0.29) is 0 Å². The predicted octanol–water partition coefficient (Wildman–Crippen LogP) is 2.24. The molecule has 1 rings (SSSR count). The number of ether oxygens (including phenoxy) is 2. The van der Waals surface area contributed by atoms with Crippen LogP contribution >= 0.6 is 0 Å². The normalized spacial score (nSPS) is 10.3. The molecule has 18 heavy (non-hydrogen) atoms. The van der Waals surface area contributed by atoms with E-state index in [0.717, 1.165) is 23.1 Å². The fraction of sp³-hybridized carbons (Fsp3) is 0.500. The Labute approximate surface area is 108 Å². The second kappa shape index (κ2) is 5.76. The summed E-state index contributed by atoms with van der Waals surface area (Å²) in [6.07, 6.45) is 1.43. The summed E-state index contributed by atoms with van der Waals surface area (Å²) in [5.74, 6) is 0.913. The molecule has 0 unspecified atom stereocenters. The van der Waals surface area contributed by atoms with Crippen LogP contribution in [0.5, 0.6) is 11.5 Å². The molecule has 4 heteroatoms. The Balaban J connectivity index is 3.79. The molecular weight excluding hydrogens is 230 g/mol. The molecule has 0 saturated heterocycles. The molecule has 0 radical (unpaired) electrons. The first kappa shape index (κ1) is 14.4. The van der Waals surface area contributed by atoms with E-state index < -0.39 is 5.91 Å². The molecule has 0 saturated carbocycles. The van der Waals surface area contributed by atoms with Gasteiger partial charge in [0.1, 0.15) is 0 Å². The van der Waals surface area contributed by atoms with E-state index in [1.54, 1.807) is 14.2 Å². The summed E-state index contributed by atoms with van der Waals surface area (Å²) >= 11 is 0. The summed E-state index contributed by atoms with van der Waals surface area (Å²) in [5, 5.41) is 0. The fourth-order valence-corrected chi connectivity index (χ4v) is 2.46. The van der Waals surface area contributed by atoms with Gasteiger partial charge >= 0.3 is 0 Å². The Kier molecular flexibility index (Phi) is 4.59. The number of primary amides is 1. The number of hydrogen-bond acceptors (Lipinski definition) is 3. The summed E-state index contributed by atoms with van der Waals surface area (Å²) in [7, 11) is 3.19. The zero-order valence-electron chi connectivity index (χ0n) is 11.7. The van der Waals surface area contributed by atoms with Gasteiger partial charge in [-0.1, -0.05) is 13.8 Å². The van der Waals surface area contributed by atoms with Crippen molar-refractivity contribution >= 4 is 5.91 Å². The molecular formula is C14H21NO3. The van der Waals surface area contributed by atoms with E-state index in [1.165, 1.54) is 0 Å². The number of amides is 1. The lowest BCUT2D eigenvalue weighted by atomic mass is 9.91. The standard InChI is InChI=1S/C14H21NO3/c1-6-9-8(3)11(14(15)16)10(7-2)13(18-5)12(9)17-4/h6-7H2,1-5H3,(H2,15,16). The van der Waals surface area contributed by atoms with Crippen molar-refractivity contribution < 1.29 is 14.3 Å². The van der Waals surface area contributed by atoms with Gasteiger partial charge in [0.2, 0.25) is 5.91 Å². The van der Waals surface area contributed by atoms with Gasteiger partial charge in [-0.25, -0.2) is 0 Å². The number of benzene rings is 1. The van der Waals surface area contributed by atoms with Gasteiger partial charge in [-0.15, -0.1) is 0 Å². The van der Waals surface area contributed by atoms with E-state index in [1.807, 2.05) is 20.8 Å². The minimum Gasteiger partial charge on any atom is -0.493 e. The summed E-state index contributed by atoms with van der Waals surface area (Å²) < 4.78 is 10.9. The molecule has 4 nitrogen and oxygen atoms in total. The molecule has 100 valence electrons. The van der Waals surface area contributed by atoms with E-state index in [9.17, 15) is 4.79 Å². The first-order chi connectivity index (χ1) is 8.53. The molecule has 0 heterocycles. The van der Waals surface area contributed by atoms with Gasteiger partial charge in [0.15, 0.2) is 11.5 Å². The third-order valence-corrected chi connectivity index (χ3v) is 3.25. The molecule has 0 bridgehead atoms. The van der Waals surface area contributed by atoms with Crippen molar-refractivity contribution in [2.75, 3.05) is 14.2 Å². The number of hydrogen-bond donors (Lipinski definition) is 1. The Morgan fingerprint density at radius 2 is 1.50 bits per heavy atom. The van der Waals surface area contributed by atoms with Crippen molar-refractivity contribution in [2.24, 2.45) is 5.73 Å². The van der Waals surface area contributed by atoms with E-state index in [2.05, 4.69) is 0 Å². The van der Waals surface area contributed by atoms with Crippen LogP contribution in [-0.2, 0) is 12.8 Å². The van der Waals surface area contributed by atoms with Crippen molar-refractivity contribution in [1.82, 2.24) is 0 Å². The van der Waals surface area contributed by atoms with Crippen LogP contribution < -0.4 is 15.2 Å². The van der Waals surface area contributed by atoms with Crippen LogP contribution in [0.2, 0.25) is 0 Å². The van der Waals surface area contributed by atoms with Crippen molar-refractivity contribution in [3.8, 4) is 11.5 Å². The molecule has 1 aromatic rings. The predicted molar refractivity (Wildman–Crippen MR) is 71.6 cm³/mol. The van der Waals surface area contributed by atoms with Crippen molar-refractivity contribution in [2.45, 2.75) is 33.6 Å². The van der Waals surface area contributed by atoms with Gasteiger partial charge in [-0.3, -0.25) is 4.79 Å². The van der Waals surface area contributed by atoms with E-state index in [0.29, 0.717) is 23.5 Å². The first-order valence-corrected chi connectivity index (χ1v) is 6.09. The summed E-state index contributed by atoms with van der Waals surface area (Å²) in [5.41, 5.74) is 8.73. The molecule has 0 aliphatic carbocycles. The van der Waals surface area contributed by atoms with Gasteiger partial charge < -0.3 is 15.2 Å². The zero-order chi connectivity index (χ0) is 13.9. The highest BCUT2D eigenvalue weighted by Crippen LogP contribution is 2.40. The minimum atomic E-state index is -0.417. The largest absolute Gasteiger partial charge is 0.493 e. The minimum absolute atomic E-state index is 0.417.